The monoisotopic (exact) mass is 306 g/mol. The Bertz CT molecular complexity index is 473. The molecular weight excluding hydrogens is 280 g/mol. The van der Waals surface area contributed by atoms with Gasteiger partial charge in [-0.05, 0) is 43.9 Å². The Morgan fingerprint density at radius 1 is 1.45 bits per heavy atom. The van der Waals surface area contributed by atoms with Crippen LogP contribution in [-0.4, -0.2) is 43.8 Å². The summed E-state index contributed by atoms with van der Waals surface area (Å²) in [5, 5.41) is 2.93. The van der Waals surface area contributed by atoms with Crippen LogP contribution in [0.1, 0.15) is 31.7 Å². The van der Waals surface area contributed by atoms with Crippen LogP contribution in [-0.2, 0) is 11.3 Å². The normalized spacial score (nSPS) is 17.8. The Balaban J connectivity index is 1.77. The fourth-order valence-corrected chi connectivity index (χ4v) is 2.56. The number of rotatable bonds is 6. The van der Waals surface area contributed by atoms with Crippen LogP contribution >= 0.6 is 0 Å². The standard InChI is InChI=1S/C17H26N2O3/c1-3-21-15-9-6-7-14(11-15)12-18-17(20)19(2)13-16-8-4-5-10-22-16/h6-7,9,11,16H,3-5,8,10,12-13H2,1-2H3,(H,18,20). The fourth-order valence-electron chi connectivity index (χ4n) is 2.56. The first-order valence-corrected chi connectivity index (χ1v) is 8.01. The molecule has 0 aliphatic carbocycles. The minimum absolute atomic E-state index is 0.0732. The van der Waals surface area contributed by atoms with Crippen molar-refractivity contribution in [2.24, 2.45) is 0 Å². The van der Waals surface area contributed by atoms with Crippen LogP contribution in [0.5, 0.6) is 5.75 Å². The Hall–Kier alpha value is -1.75. The van der Waals surface area contributed by atoms with E-state index in [-0.39, 0.29) is 12.1 Å². The molecule has 0 saturated carbocycles. The maximum Gasteiger partial charge on any atom is 0.317 e. The SMILES string of the molecule is CCOc1cccc(CNC(=O)N(C)CC2CCCCO2)c1. The average molecular weight is 306 g/mol. The van der Waals surface area contributed by atoms with Crippen LogP contribution in [0.2, 0.25) is 0 Å². The molecule has 1 aliphatic rings. The van der Waals surface area contributed by atoms with Crippen molar-refractivity contribution in [2.75, 3.05) is 26.8 Å². The van der Waals surface area contributed by atoms with Crippen LogP contribution in [0.4, 0.5) is 4.79 Å². The number of nitrogens with zero attached hydrogens (tertiary/aromatic N) is 1. The lowest BCUT2D eigenvalue weighted by atomic mass is 10.1. The molecule has 1 atom stereocenters. The van der Waals surface area contributed by atoms with Gasteiger partial charge in [0.15, 0.2) is 0 Å². The molecule has 22 heavy (non-hydrogen) atoms. The van der Waals surface area contributed by atoms with Gasteiger partial charge in [-0.1, -0.05) is 12.1 Å². The average Bonchev–Trinajstić information content (AvgIpc) is 2.54. The summed E-state index contributed by atoms with van der Waals surface area (Å²) in [5.41, 5.74) is 1.03. The van der Waals surface area contributed by atoms with Crippen LogP contribution in [0, 0.1) is 0 Å². The molecule has 2 rings (SSSR count). The highest BCUT2D eigenvalue weighted by Crippen LogP contribution is 2.14. The number of hydrogen-bond donors (Lipinski definition) is 1. The largest absolute Gasteiger partial charge is 0.494 e. The zero-order valence-electron chi connectivity index (χ0n) is 13.5. The molecule has 0 spiro atoms. The first kappa shape index (κ1) is 16.6. The summed E-state index contributed by atoms with van der Waals surface area (Å²) >= 11 is 0. The van der Waals surface area contributed by atoms with E-state index in [1.54, 1.807) is 4.90 Å². The van der Waals surface area contributed by atoms with Crippen LogP contribution < -0.4 is 10.1 Å². The predicted molar refractivity (Wildman–Crippen MR) is 86.1 cm³/mol. The Labute approximate surface area is 132 Å². The smallest absolute Gasteiger partial charge is 0.317 e. The van der Waals surface area contributed by atoms with E-state index < -0.39 is 0 Å². The third kappa shape index (κ3) is 5.22. The van der Waals surface area contributed by atoms with Gasteiger partial charge in [0.25, 0.3) is 0 Å². The van der Waals surface area contributed by atoms with Gasteiger partial charge in [-0.15, -0.1) is 0 Å². The summed E-state index contributed by atoms with van der Waals surface area (Å²) in [6.07, 6.45) is 3.52. The third-order valence-corrected chi connectivity index (χ3v) is 3.75. The first-order valence-electron chi connectivity index (χ1n) is 8.01. The van der Waals surface area contributed by atoms with E-state index in [0.29, 0.717) is 19.7 Å². The second-order valence-electron chi connectivity index (χ2n) is 5.61. The molecule has 1 saturated heterocycles. The number of hydrogen-bond acceptors (Lipinski definition) is 3. The zero-order chi connectivity index (χ0) is 15.8. The molecule has 1 aromatic rings. The van der Waals surface area contributed by atoms with Gasteiger partial charge in [0, 0.05) is 26.7 Å². The van der Waals surface area contributed by atoms with Crippen molar-refractivity contribution in [3.63, 3.8) is 0 Å². The van der Waals surface area contributed by atoms with Gasteiger partial charge < -0.3 is 19.7 Å². The van der Waals surface area contributed by atoms with Gasteiger partial charge in [-0.2, -0.15) is 0 Å². The van der Waals surface area contributed by atoms with Crippen molar-refractivity contribution in [1.82, 2.24) is 10.2 Å². The molecule has 122 valence electrons. The lowest BCUT2D eigenvalue weighted by Gasteiger charge is -2.27. The van der Waals surface area contributed by atoms with Crippen LogP contribution in [0.25, 0.3) is 0 Å². The molecule has 0 radical (unpaired) electrons. The van der Waals surface area contributed by atoms with Gasteiger partial charge in [-0.3, -0.25) is 0 Å². The van der Waals surface area contributed by atoms with Gasteiger partial charge in [-0.25, -0.2) is 4.79 Å². The van der Waals surface area contributed by atoms with E-state index in [1.165, 1.54) is 6.42 Å². The Morgan fingerprint density at radius 2 is 2.32 bits per heavy atom. The van der Waals surface area contributed by atoms with Gasteiger partial charge in [0.05, 0.1) is 12.7 Å². The molecule has 5 nitrogen and oxygen atoms in total. The lowest BCUT2D eigenvalue weighted by molar-refractivity contribution is 0.00385. The summed E-state index contributed by atoms with van der Waals surface area (Å²) < 4.78 is 11.1. The van der Waals surface area contributed by atoms with Gasteiger partial charge >= 0.3 is 6.03 Å². The number of nitrogens with one attached hydrogen (secondary N) is 1. The van der Waals surface area contributed by atoms with Crippen molar-refractivity contribution < 1.29 is 14.3 Å². The summed E-state index contributed by atoms with van der Waals surface area (Å²) in [7, 11) is 1.81. The second-order valence-corrected chi connectivity index (χ2v) is 5.61. The highest BCUT2D eigenvalue weighted by molar-refractivity contribution is 5.73. The Kier molecular flexibility index (Phi) is 6.52. The minimum Gasteiger partial charge on any atom is -0.494 e. The van der Waals surface area contributed by atoms with E-state index in [1.807, 2.05) is 38.2 Å². The second kappa shape index (κ2) is 8.63. The van der Waals surface area contributed by atoms with E-state index in [9.17, 15) is 4.79 Å². The number of likely N-dealkylation sites (N-methyl/N-ethyl adjacent to an activating group) is 1. The molecule has 2 amide bonds. The molecule has 1 N–H and O–H groups in total. The van der Waals surface area contributed by atoms with Gasteiger partial charge in [0.2, 0.25) is 0 Å². The van der Waals surface area contributed by atoms with Crippen molar-refractivity contribution in [2.45, 2.75) is 38.8 Å². The number of carbonyl (C=O) groups excluding carboxylic acids is 1. The minimum atomic E-state index is -0.0732. The molecular formula is C17H26N2O3. The fraction of sp³-hybridized carbons (Fsp3) is 0.588. The maximum absolute atomic E-state index is 12.1. The van der Waals surface area contributed by atoms with Crippen LogP contribution in [0.15, 0.2) is 24.3 Å². The molecule has 1 heterocycles. The van der Waals surface area contributed by atoms with Crippen molar-refractivity contribution in [3.05, 3.63) is 29.8 Å². The molecule has 5 heteroatoms. The summed E-state index contributed by atoms with van der Waals surface area (Å²) in [5.74, 6) is 0.832. The number of urea groups is 1. The number of ether oxygens (including phenoxy) is 2. The highest BCUT2D eigenvalue weighted by atomic mass is 16.5. The molecule has 0 bridgehead atoms. The van der Waals surface area contributed by atoms with Crippen molar-refractivity contribution in [3.8, 4) is 5.75 Å². The summed E-state index contributed by atoms with van der Waals surface area (Å²) in [6, 6.07) is 7.71. The zero-order valence-corrected chi connectivity index (χ0v) is 13.5. The number of benzene rings is 1. The van der Waals surface area contributed by atoms with E-state index in [0.717, 1.165) is 30.8 Å². The predicted octanol–water partition coefficient (Wildman–Crippen LogP) is 2.80. The van der Waals surface area contributed by atoms with Crippen molar-refractivity contribution >= 4 is 6.03 Å². The number of amides is 2. The third-order valence-electron chi connectivity index (χ3n) is 3.75. The maximum atomic E-state index is 12.1. The topological polar surface area (TPSA) is 50.8 Å². The van der Waals surface area contributed by atoms with E-state index in [2.05, 4.69) is 5.32 Å². The van der Waals surface area contributed by atoms with E-state index in [4.69, 9.17) is 9.47 Å². The Morgan fingerprint density at radius 3 is 3.05 bits per heavy atom. The van der Waals surface area contributed by atoms with E-state index >= 15 is 0 Å². The highest BCUT2D eigenvalue weighted by Gasteiger charge is 2.18. The molecule has 1 aromatic carbocycles. The summed E-state index contributed by atoms with van der Waals surface area (Å²) in [4.78, 5) is 13.8. The number of carbonyl (C=O) groups is 1. The lowest BCUT2D eigenvalue weighted by Crippen LogP contribution is -2.42. The molecule has 1 unspecified atom stereocenters. The van der Waals surface area contributed by atoms with Crippen molar-refractivity contribution in [1.29, 1.82) is 0 Å². The summed E-state index contributed by atoms with van der Waals surface area (Å²) in [6.45, 7) is 4.54. The van der Waals surface area contributed by atoms with Gasteiger partial charge in [0.1, 0.15) is 5.75 Å². The quantitative estimate of drug-likeness (QED) is 0.879. The van der Waals surface area contributed by atoms with Crippen LogP contribution in [0.3, 0.4) is 0 Å². The first-order chi connectivity index (χ1) is 10.7. The molecule has 1 fully saturated rings. The molecule has 1 aliphatic heterocycles. The molecule has 0 aromatic heterocycles.